The van der Waals surface area contributed by atoms with Crippen LogP contribution in [0.2, 0.25) is 0 Å². The summed E-state index contributed by atoms with van der Waals surface area (Å²) in [6.45, 7) is 4.34. The van der Waals surface area contributed by atoms with Gasteiger partial charge in [0.2, 0.25) is 5.91 Å². The summed E-state index contributed by atoms with van der Waals surface area (Å²) >= 11 is 1.76. The smallest absolute Gasteiger partial charge is 0.338 e. The van der Waals surface area contributed by atoms with E-state index >= 15 is 0 Å². The van der Waals surface area contributed by atoms with Crippen LogP contribution in [0.4, 0.5) is 0 Å². The second kappa shape index (κ2) is 12.4. The number of hydrogen-bond donors (Lipinski definition) is 0. The van der Waals surface area contributed by atoms with Gasteiger partial charge in [-0.2, -0.15) is 0 Å². The molecule has 1 amide bonds. The van der Waals surface area contributed by atoms with Crippen LogP contribution in [0.1, 0.15) is 49.4 Å². The molecule has 0 saturated carbocycles. The van der Waals surface area contributed by atoms with Crippen LogP contribution in [-0.4, -0.2) is 57.2 Å². The summed E-state index contributed by atoms with van der Waals surface area (Å²) in [7, 11) is 0. The van der Waals surface area contributed by atoms with Gasteiger partial charge >= 0.3 is 5.97 Å². The van der Waals surface area contributed by atoms with Crippen molar-refractivity contribution < 1.29 is 19.1 Å². The van der Waals surface area contributed by atoms with E-state index in [1.165, 1.54) is 0 Å². The number of hydrogen-bond acceptors (Lipinski definition) is 6. The monoisotopic (exact) mass is 445 g/mol. The summed E-state index contributed by atoms with van der Waals surface area (Å²) in [5.41, 5.74) is 0.506. The molecule has 8 heteroatoms. The lowest BCUT2D eigenvalue weighted by atomic mass is 10.1. The summed E-state index contributed by atoms with van der Waals surface area (Å²) in [6.07, 6.45) is 10.4. The number of benzene rings is 1. The number of thioether (sulfide) groups is 1. The van der Waals surface area contributed by atoms with Gasteiger partial charge in [0.25, 0.3) is 0 Å². The van der Waals surface area contributed by atoms with E-state index in [1.807, 2.05) is 17.4 Å². The van der Waals surface area contributed by atoms with Crippen molar-refractivity contribution in [2.24, 2.45) is 0 Å². The van der Waals surface area contributed by atoms with Crippen LogP contribution in [0.25, 0.3) is 0 Å². The lowest BCUT2D eigenvalue weighted by Gasteiger charge is -2.24. The van der Waals surface area contributed by atoms with Gasteiger partial charge in [-0.3, -0.25) is 4.79 Å². The quantitative estimate of drug-likeness (QED) is 0.363. The van der Waals surface area contributed by atoms with E-state index in [2.05, 4.69) is 9.55 Å². The summed E-state index contributed by atoms with van der Waals surface area (Å²) < 4.78 is 13.0. The van der Waals surface area contributed by atoms with Gasteiger partial charge in [0, 0.05) is 37.7 Å². The SMILES string of the molecule is CCOC(=O)c1ccc(OCC2SCCN2C(=O)CCCCCCn2ccnc2)cc1. The molecule has 0 N–H and O–H groups in total. The predicted molar refractivity (Wildman–Crippen MR) is 121 cm³/mol. The zero-order valence-corrected chi connectivity index (χ0v) is 18.9. The van der Waals surface area contributed by atoms with Gasteiger partial charge in [-0.15, -0.1) is 11.8 Å². The van der Waals surface area contributed by atoms with E-state index in [0.29, 0.717) is 30.9 Å². The number of ether oxygens (including phenoxy) is 2. The summed E-state index contributed by atoms with van der Waals surface area (Å²) in [4.78, 5) is 30.4. The molecule has 7 nitrogen and oxygen atoms in total. The molecule has 1 fully saturated rings. The lowest BCUT2D eigenvalue weighted by Crippen LogP contribution is -2.37. The minimum atomic E-state index is -0.334. The number of amides is 1. The fourth-order valence-corrected chi connectivity index (χ4v) is 4.64. The average molecular weight is 446 g/mol. The van der Waals surface area contributed by atoms with Gasteiger partial charge in [-0.05, 0) is 44.0 Å². The molecule has 1 aromatic carbocycles. The number of imidazole rings is 1. The van der Waals surface area contributed by atoms with Crippen molar-refractivity contribution in [1.29, 1.82) is 0 Å². The lowest BCUT2D eigenvalue weighted by molar-refractivity contribution is -0.131. The largest absolute Gasteiger partial charge is 0.491 e. The van der Waals surface area contributed by atoms with Crippen molar-refractivity contribution in [3.8, 4) is 5.75 Å². The van der Waals surface area contributed by atoms with E-state index in [4.69, 9.17) is 9.47 Å². The average Bonchev–Trinajstić information content (AvgIpc) is 3.47. The van der Waals surface area contributed by atoms with Crippen molar-refractivity contribution in [2.75, 3.05) is 25.5 Å². The molecule has 1 aliphatic heterocycles. The number of esters is 1. The Labute approximate surface area is 188 Å². The van der Waals surface area contributed by atoms with Crippen LogP contribution < -0.4 is 4.74 Å². The molecule has 1 aromatic heterocycles. The summed E-state index contributed by atoms with van der Waals surface area (Å²) in [6, 6.07) is 6.93. The number of nitrogens with zero attached hydrogens (tertiary/aromatic N) is 3. The van der Waals surface area contributed by atoms with Gasteiger partial charge in [0.1, 0.15) is 17.7 Å². The van der Waals surface area contributed by atoms with Gasteiger partial charge in [0.15, 0.2) is 0 Å². The molecule has 0 radical (unpaired) electrons. The third-order valence-electron chi connectivity index (χ3n) is 5.18. The normalized spacial score (nSPS) is 15.8. The van der Waals surface area contributed by atoms with E-state index in [9.17, 15) is 9.59 Å². The van der Waals surface area contributed by atoms with Gasteiger partial charge in [0.05, 0.1) is 18.5 Å². The molecule has 2 aromatic rings. The molecule has 1 atom stereocenters. The molecule has 2 heterocycles. The van der Waals surface area contributed by atoms with Crippen LogP contribution in [0.5, 0.6) is 5.75 Å². The summed E-state index contributed by atoms with van der Waals surface area (Å²) in [5, 5.41) is 0.0403. The molecule has 1 saturated heterocycles. The number of aryl methyl sites for hydroxylation is 1. The molecular formula is C23H31N3O4S. The minimum absolute atomic E-state index is 0.0403. The number of rotatable bonds is 12. The standard InChI is InChI=1S/C23H31N3O4S/c1-2-29-23(28)19-8-10-20(11-9-19)30-17-22-26(15-16-31-22)21(27)7-5-3-4-6-13-25-14-12-24-18-25/h8-12,14,18,22H,2-7,13,15-17H2,1H3. The Bertz CT molecular complexity index is 811. The van der Waals surface area contributed by atoms with Gasteiger partial charge in [-0.25, -0.2) is 9.78 Å². The predicted octanol–water partition coefficient (Wildman–Crippen LogP) is 3.99. The van der Waals surface area contributed by atoms with Crippen molar-refractivity contribution in [3.05, 3.63) is 48.5 Å². The fourth-order valence-electron chi connectivity index (χ4n) is 3.50. The zero-order chi connectivity index (χ0) is 21.9. The summed E-state index contributed by atoms with van der Waals surface area (Å²) in [5.74, 6) is 1.50. The molecule has 0 spiro atoms. The number of carbonyl (C=O) groups is 2. The number of aromatic nitrogens is 2. The van der Waals surface area contributed by atoms with Crippen LogP contribution >= 0.6 is 11.8 Å². The Morgan fingerprint density at radius 1 is 1.16 bits per heavy atom. The number of unbranched alkanes of at least 4 members (excludes halogenated alkanes) is 3. The highest BCUT2D eigenvalue weighted by molar-refractivity contribution is 8.00. The third kappa shape index (κ3) is 7.31. The molecule has 168 valence electrons. The molecule has 1 aliphatic rings. The zero-order valence-electron chi connectivity index (χ0n) is 18.1. The van der Waals surface area contributed by atoms with E-state index in [0.717, 1.165) is 44.5 Å². The van der Waals surface area contributed by atoms with Crippen molar-refractivity contribution >= 4 is 23.6 Å². The van der Waals surface area contributed by atoms with Crippen LogP contribution in [-0.2, 0) is 16.1 Å². The van der Waals surface area contributed by atoms with Gasteiger partial charge < -0.3 is 18.9 Å². The van der Waals surface area contributed by atoms with Crippen molar-refractivity contribution in [1.82, 2.24) is 14.5 Å². The third-order valence-corrected chi connectivity index (χ3v) is 6.38. The Kier molecular flexibility index (Phi) is 9.27. The maximum Gasteiger partial charge on any atom is 0.338 e. The first-order valence-electron chi connectivity index (χ1n) is 10.9. The maximum absolute atomic E-state index is 12.7. The van der Waals surface area contributed by atoms with Crippen LogP contribution in [0, 0.1) is 0 Å². The molecule has 0 aliphatic carbocycles. The number of carbonyl (C=O) groups excluding carboxylic acids is 2. The van der Waals surface area contributed by atoms with E-state index in [1.54, 1.807) is 49.1 Å². The highest BCUT2D eigenvalue weighted by Crippen LogP contribution is 2.26. The molecule has 31 heavy (non-hydrogen) atoms. The first-order valence-corrected chi connectivity index (χ1v) is 12.0. The minimum Gasteiger partial charge on any atom is -0.491 e. The fraction of sp³-hybridized carbons (Fsp3) is 0.522. The highest BCUT2D eigenvalue weighted by atomic mass is 32.2. The Balaban J connectivity index is 1.35. The van der Waals surface area contributed by atoms with Crippen molar-refractivity contribution in [2.45, 2.75) is 50.9 Å². The van der Waals surface area contributed by atoms with Gasteiger partial charge in [-0.1, -0.05) is 12.8 Å². The van der Waals surface area contributed by atoms with Crippen LogP contribution in [0.3, 0.4) is 0 Å². The van der Waals surface area contributed by atoms with E-state index in [-0.39, 0.29) is 17.3 Å². The Morgan fingerprint density at radius 3 is 2.71 bits per heavy atom. The first kappa shape index (κ1) is 23.2. The second-order valence-corrected chi connectivity index (χ2v) is 8.72. The van der Waals surface area contributed by atoms with Crippen molar-refractivity contribution in [3.63, 3.8) is 0 Å². The first-order chi connectivity index (χ1) is 15.2. The topological polar surface area (TPSA) is 73.7 Å². The second-order valence-electron chi connectivity index (χ2n) is 7.43. The highest BCUT2D eigenvalue weighted by Gasteiger charge is 2.29. The molecule has 1 unspecified atom stereocenters. The molecule has 3 rings (SSSR count). The Hall–Kier alpha value is -2.48. The molecule has 0 bridgehead atoms. The maximum atomic E-state index is 12.7. The Morgan fingerprint density at radius 2 is 1.97 bits per heavy atom. The van der Waals surface area contributed by atoms with Crippen LogP contribution in [0.15, 0.2) is 43.0 Å². The molecular weight excluding hydrogens is 414 g/mol. The van der Waals surface area contributed by atoms with E-state index < -0.39 is 0 Å².